The Morgan fingerprint density at radius 3 is 1.33 bits per heavy atom. The molecule has 0 aliphatic rings. The first kappa shape index (κ1) is 51.4. The minimum absolute atomic E-state index is 0.111. The van der Waals surface area contributed by atoms with Crippen LogP contribution in [0, 0.1) is 0 Å². The topological polar surface area (TPSA) is 272 Å². The molecule has 0 saturated heterocycles. The summed E-state index contributed by atoms with van der Waals surface area (Å²) in [6, 6.07) is 0. The van der Waals surface area contributed by atoms with E-state index < -0.39 is 69.4 Å². The normalized spacial score (nSPS) is 10.8. The lowest BCUT2D eigenvalue weighted by Crippen LogP contribution is -2.41. The van der Waals surface area contributed by atoms with Crippen LogP contribution in [0.3, 0.4) is 0 Å². The Morgan fingerprint density at radius 2 is 1.02 bits per heavy atom. The number of carboxylic acid groups (broad SMARTS) is 1. The molecule has 0 rings (SSSR count). The van der Waals surface area contributed by atoms with Gasteiger partial charge < -0.3 is 24.1 Å². The van der Waals surface area contributed by atoms with Crippen LogP contribution in [-0.4, -0.2) is 121 Å². The minimum atomic E-state index is -3.96. The number of carboxylic acids is 1. The van der Waals surface area contributed by atoms with Crippen LogP contribution < -0.4 is 9.86 Å². The lowest BCUT2D eigenvalue weighted by atomic mass is 10.2. The van der Waals surface area contributed by atoms with Gasteiger partial charge in [-0.3, -0.25) is 14.4 Å². The molecule has 21 heteroatoms. The summed E-state index contributed by atoms with van der Waals surface area (Å²) in [5.74, 6) is -5.33. The van der Waals surface area contributed by atoms with Crippen LogP contribution in [0.4, 0.5) is 0 Å². The van der Waals surface area contributed by atoms with Crippen LogP contribution in [-0.2, 0) is 68.1 Å². The highest BCUT2D eigenvalue weighted by molar-refractivity contribution is 7.87. The number of nitrogens with zero attached hydrogens (tertiary/aromatic N) is 2. The second kappa shape index (κ2) is 28.7. The number of ether oxygens (including phenoxy) is 4. The largest absolute Gasteiger partial charge is 0.479 e. The first-order valence-electron chi connectivity index (χ1n) is 15.7. The van der Waals surface area contributed by atoms with Crippen molar-refractivity contribution in [2.75, 3.05) is 54.6 Å². The van der Waals surface area contributed by atoms with Crippen molar-refractivity contribution in [3.8, 4) is 0 Å². The molecule has 0 bridgehead atoms. The standard InChI is InChI=1S/C15H26N2O7S.C13H20O6.C2H8N2O2S/c1-5-6-7-8-9-23-14(19)10-12(2)15(20)24-11-13(18)16-25(21,22)17(3)4;1-3-4-5-6-7-18-12(16)8-10(2)13(17)19-9-11(14)15;1-4(2)7(3,5)6/h2,5-11H2,1,3-4H3,(H,16,18);2-9H2,1H3,(H,14,15);1-2H3,(H2,3,5,6). The Balaban J connectivity index is -0.000000779. The number of esters is 4. The van der Waals surface area contributed by atoms with Crippen molar-refractivity contribution in [3.63, 3.8) is 0 Å². The molecule has 0 aromatic heterocycles. The lowest BCUT2D eigenvalue weighted by Gasteiger charge is -2.12. The van der Waals surface area contributed by atoms with Crippen LogP contribution in [0.25, 0.3) is 0 Å². The summed E-state index contributed by atoms with van der Waals surface area (Å²) in [6.45, 7) is 9.94. The van der Waals surface area contributed by atoms with E-state index in [2.05, 4.69) is 41.6 Å². The highest BCUT2D eigenvalue weighted by Crippen LogP contribution is 2.06. The Morgan fingerprint density at radius 1 is 0.647 bits per heavy atom. The lowest BCUT2D eigenvalue weighted by molar-refractivity contribution is -0.153. The molecule has 19 nitrogen and oxygen atoms in total. The second-order valence-corrected chi connectivity index (χ2v) is 14.5. The minimum Gasteiger partial charge on any atom is -0.479 e. The zero-order chi connectivity index (χ0) is 40.2. The molecule has 1 amide bonds. The molecule has 0 saturated carbocycles. The van der Waals surface area contributed by atoms with Gasteiger partial charge in [0.25, 0.3) is 16.1 Å². The number of nitrogens with one attached hydrogen (secondary N) is 1. The number of unbranched alkanes of at least 4 members (excludes halogenated alkanes) is 6. The molecule has 296 valence electrons. The average molecular weight is 775 g/mol. The van der Waals surface area contributed by atoms with E-state index >= 15 is 0 Å². The smallest absolute Gasteiger partial charge is 0.341 e. The average Bonchev–Trinajstić information content (AvgIpc) is 3.01. The van der Waals surface area contributed by atoms with Gasteiger partial charge in [0.1, 0.15) is 0 Å². The summed E-state index contributed by atoms with van der Waals surface area (Å²) in [5, 5.41) is 12.9. The number of hydrogen-bond donors (Lipinski definition) is 3. The maximum absolute atomic E-state index is 11.6. The molecule has 0 aromatic carbocycles. The van der Waals surface area contributed by atoms with E-state index in [4.69, 9.17) is 14.6 Å². The van der Waals surface area contributed by atoms with Crippen molar-refractivity contribution < 1.29 is 69.7 Å². The number of carbonyl (C=O) groups excluding carboxylic acids is 5. The van der Waals surface area contributed by atoms with Gasteiger partial charge in [-0.15, -0.1) is 0 Å². The third-order valence-electron chi connectivity index (χ3n) is 5.71. The van der Waals surface area contributed by atoms with E-state index in [0.717, 1.165) is 60.0 Å². The van der Waals surface area contributed by atoms with Crippen molar-refractivity contribution in [2.24, 2.45) is 5.14 Å². The summed E-state index contributed by atoms with van der Waals surface area (Å²) < 4.78 is 65.2. The number of rotatable bonds is 23. The van der Waals surface area contributed by atoms with Crippen LogP contribution in [0.15, 0.2) is 24.3 Å². The van der Waals surface area contributed by atoms with Crippen molar-refractivity contribution >= 4 is 56.2 Å². The Bertz CT molecular complexity index is 1360. The zero-order valence-electron chi connectivity index (χ0n) is 30.3. The van der Waals surface area contributed by atoms with Crippen molar-refractivity contribution in [2.45, 2.75) is 78.1 Å². The Kier molecular flexibility index (Phi) is 29.0. The van der Waals surface area contributed by atoms with E-state index in [1.54, 1.807) is 4.72 Å². The summed E-state index contributed by atoms with van der Waals surface area (Å²) in [4.78, 5) is 67.3. The fourth-order valence-electron chi connectivity index (χ4n) is 2.75. The molecule has 0 unspecified atom stereocenters. The number of amides is 1. The predicted octanol–water partition coefficient (Wildman–Crippen LogP) is 0.958. The second-order valence-electron chi connectivity index (χ2n) is 10.8. The highest BCUT2D eigenvalue weighted by Gasteiger charge is 2.20. The van der Waals surface area contributed by atoms with E-state index in [9.17, 15) is 45.6 Å². The van der Waals surface area contributed by atoms with Gasteiger partial charge in [-0.2, -0.15) is 25.4 Å². The number of hydrogen-bond acceptors (Lipinski definition) is 14. The van der Waals surface area contributed by atoms with Crippen molar-refractivity contribution in [1.29, 1.82) is 0 Å². The molecular weight excluding hydrogens is 720 g/mol. The summed E-state index contributed by atoms with van der Waals surface area (Å²) in [7, 11) is -2.16. The van der Waals surface area contributed by atoms with Crippen molar-refractivity contribution in [1.82, 2.24) is 13.3 Å². The van der Waals surface area contributed by atoms with Gasteiger partial charge in [0.05, 0.1) is 26.1 Å². The molecule has 0 aliphatic heterocycles. The first-order chi connectivity index (χ1) is 23.5. The van der Waals surface area contributed by atoms with Gasteiger partial charge >= 0.3 is 40.1 Å². The fraction of sp³-hybridized carbons (Fsp3) is 0.667. The number of carbonyl (C=O) groups is 6. The SMILES string of the molecule is C=C(CC(=O)OCCCCCC)C(=O)OCC(=O)NS(=O)(=O)N(C)C.C=C(CC(=O)OCCCCCC)C(=O)OCC(=O)O.CN(C)S(N)(=O)=O. The molecular formula is C30H54N4O15S2. The van der Waals surface area contributed by atoms with Crippen LogP contribution in [0.1, 0.15) is 78.1 Å². The molecule has 0 atom stereocenters. The number of nitrogens with two attached hydrogens (primary N) is 1. The van der Waals surface area contributed by atoms with Gasteiger partial charge in [-0.1, -0.05) is 65.5 Å². The fourth-order valence-corrected chi connectivity index (χ4v) is 3.28. The third kappa shape index (κ3) is 31.8. The van der Waals surface area contributed by atoms with Crippen LogP contribution >= 0.6 is 0 Å². The molecule has 0 radical (unpaired) electrons. The van der Waals surface area contributed by atoms with Gasteiger partial charge in [-0.25, -0.2) is 24.2 Å². The van der Waals surface area contributed by atoms with E-state index in [0.29, 0.717) is 6.61 Å². The van der Waals surface area contributed by atoms with Gasteiger partial charge in [-0.05, 0) is 12.8 Å². The van der Waals surface area contributed by atoms with E-state index in [1.165, 1.54) is 28.2 Å². The predicted molar refractivity (Wildman–Crippen MR) is 185 cm³/mol. The molecule has 0 aliphatic carbocycles. The van der Waals surface area contributed by atoms with Crippen LogP contribution in [0.2, 0.25) is 0 Å². The quantitative estimate of drug-likeness (QED) is 0.0564. The van der Waals surface area contributed by atoms with Gasteiger partial charge in [0.15, 0.2) is 13.2 Å². The molecule has 0 fully saturated rings. The maximum atomic E-state index is 11.6. The van der Waals surface area contributed by atoms with Crippen molar-refractivity contribution in [3.05, 3.63) is 24.3 Å². The van der Waals surface area contributed by atoms with Gasteiger partial charge in [0.2, 0.25) is 0 Å². The Hall–Kier alpha value is -3.92. The molecule has 0 heterocycles. The highest BCUT2D eigenvalue weighted by atomic mass is 32.2. The molecule has 0 aromatic rings. The van der Waals surface area contributed by atoms with E-state index in [1.807, 2.05) is 0 Å². The molecule has 0 spiro atoms. The molecule has 4 N–H and O–H groups in total. The summed E-state index contributed by atoms with van der Waals surface area (Å²) in [5.41, 5.74) is -0.290. The van der Waals surface area contributed by atoms with E-state index in [-0.39, 0.29) is 30.6 Å². The summed E-state index contributed by atoms with van der Waals surface area (Å²) in [6.07, 6.45) is 7.15. The maximum Gasteiger partial charge on any atom is 0.341 e. The summed E-state index contributed by atoms with van der Waals surface area (Å²) >= 11 is 0. The van der Waals surface area contributed by atoms with Crippen LogP contribution in [0.5, 0.6) is 0 Å². The zero-order valence-corrected chi connectivity index (χ0v) is 31.9. The molecule has 51 heavy (non-hydrogen) atoms. The monoisotopic (exact) mass is 774 g/mol. The first-order valence-corrected chi connectivity index (χ1v) is 18.6. The Labute approximate surface area is 300 Å². The third-order valence-corrected chi connectivity index (χ3v) is 8.17. The van der Waals surface area contributed by atoms with Gasteiger partial charge in [0, 0.05) is 39.3 Å². The number of aliphatic carboxylic acids is 1.